The van der Waals surface area contributed by atoms with Crippen molar-refractivity contribution in [3.63, 3.8) is 0 Å². The molecule has 0 N–H and O–H groups in total. The molecule has 15 heavy (non-hydrogen) atoms. The van der Waals surface area contributed by atoms with E-state index in [0.717, 1.165) is 32.4 Å². The lowest BCUT2D eigenvalue weighted by atomic mass is 10.1. The Morgan fingerprint density at radius 3 is 2.33 bits per heavy atom. The summed E-state index contributed by atoms with van der Waals surface area (Å²) >= 11 is 0. The molecule has 0 aromatic heterocycles. The number of hydrogen-bond donors (Lipinski definition) is 0. The Hall–Kier alpha value is -0.790. The Balaban J connectivity index is 4.17. The molecule has 2 nitrogen and oxygen atoms in total. The summed E-state index contributed by atoms with van der Waals surface area (Å²) in [4.78, 5) is 13.7. The van der Waals surface area contributed by atoms with E-state index in [1.54, 1.807) is 6.92 Å². The van der Waals surface area contributed by atoms with E-state index in [1.165, 1.54) is 0 Å². The fraction of sp³-hybridized carbons (Fsp3) is 0.769. The lowest BCUT2D eigenvalue weighted by molar-refractivity contribution is -0.127. The third-order valence-electron chi connectivity index (χ3n) is 2.41. The zero-order valence-electron chi connectivity index (χ0n) is 10.7. The Morgan fingerprint density at radius 2 is 1.93 bits per heavy atom. The number of carbonyl (C=O) groups excluding carboxylic acids is 1. The minimum atomic E-state index is 0.115. The van der Waals surface area contributed by atoms with Crippen LogP contribution < -0.4 is 0 Å². The topological polar surface area (TPSA) is 20.3 Å². The van der Waals surface area contributed by atoms with Crippen LogP contribution in [0.5, 0.6) is 0 Å². The molecule has 0 aliphatic rings. The number of rotatable bonds is 7. The van der Waals surface area contributed by atoms with Gasteiger partial charge in [-0.3, -0.25) is 4.79 Å². The summed E-state index contributed by atoms with van der Waals surface area (Å²) in [5.74, 6) is 0.760. The molecule has 0 saturated carbocycles. The minimum Gasteiger partial charge on any atom is -0.339 e. The van der Waals surface area contributed by atoms with Gasteiger partial charge in [0, 0.05) is 18.7 Å². The zero-order valence-corrected chi connectivity index (χ0v) is 10.7. The van der Waals surface area contributed by atoms with Gasteiger partial charge in [0.1, 0.15) is 0 Å². The van der Waals surface area contributed by atoms with Gasteiger partial charge in [-0.15, -0.1) is 0 Å². The molecule has 88 valence electrons. The maximum atomic E-state index is 11.8. The Bertz CT molecular complexity index is 209. The Kier molecular flexibility index (Phi) is 7.10. The van der Waals surface area contributed by atoms with Crippen LogP contribution in [0.1, 0.15) is 47.0 Å². The molecule has 0 bridgehead atoms. The first kappa shape index (κ1) is 14.2. The highest BCUT2D eigenvalue weighted by Crippen LogP contribution is 2.07. The Morgan fingerprint density at radius 1 is 1.33 bits per heavy atom. The summed E-state index contributed by atoms with van der Waals surface area (Å²) in [5, 5.41) is 0. The maximum absolute atomic E-state index is 11.8. The van der Waals surface area contributed by atoms with E-state index >= 15 is 0 Å². The molecule has 0 radical (unpaired) electrons. The van der Waals surface area contributed by atoms with Crippen LogP contribution in [0, 0.1) is 5.92 Å². The zero-order chi connectivity index (χ0) is 11.8. The molecule has 0 aromatic carbocycles. The van der Waals surface area contributed by atoms with Crippen molar-refractivity contribution in [2.45, 2.75) is 47.0 Å². The second kappa shape index (κ2) is 7.49. The van der Waals surface area contributed by atoms with Crippen LogP contribution in [0.2, 0.25) is 0 Å². The molecule has 0 aromatic rings. The fourth-order valence-electron chi connectivity index (χ4n) is 1.35. The second-order valence-electron chi connectivity index (χ2n) is 4.61. The lowest BCUT2D eigenvalue weighted by Crippen LogP contribution is -2.33. The number of amides is 1. The second-order valence-corrected chi connectivity index (χ2v) is 4.61. The minimum absolute atomic E-state index is 0.115. The van der Waals surface area contributed by atoms with Crippen molar-refractivity contribution in [3.05, 3.63) is 12.2 Å². The van der Waals surface area contributed by atoms with E-state index in [4.69, 9.17) is 0 Å². The first-order chi connectivity index (χ1) is 6.99. The van der Waals surface area contributed by atoms with Crippen LogP contribution in [0.25, 0.3) is 0 Å². The van der Waals surface area contributed by atoms with Gasteiger partial charge in [-0.05, 0) is 25.7 Å². The largest absolute Gasteiger partial charge is 0.339 e. The summed E-state index contributed by atoms with van der Waals surface area (Å²) in [6.45, 7) is 13.8. The van der Waals surface area contributed by atoms with Crippen LogP contribution >= 0.6 is 0 Å². The molecule has 0 atom stereocenters. The molecule has 0 heterocycles. The predicted octanol–water partition coefficient (Wildman–Crippen LogP) is 3.24. The van der Waals surface area contributed by atoms with Crippen molar-refractivity contribution in [1.82, 2.24) is 4.90 Å². The maximum Gasteiger partial charge on any atom is 0.248 e. The van der Waals surface area contributed by atoms with E-state index in [2.05, 4.69) is 27.4 Å². The first-order valence-electron chi connectivity index (χ1n) is 5.93. The van der Waals surface area contributed by atoms with Crippen molar-refractivity contribution in [3.8, 4) is 0 Å². The summed E-state index contributed by atoms with van der Waals surface area (Å²) in [7, 11) is 0. The highest BCUT2D eigenvalue weighted by Gasteiger charge is 2.13. The smallest absolute Gasteiger partial charge is 0.248 e. The molecular weight excluding hydrogens is 186 g/mol. The fourth-order valence-corrected chi connectivity index (χ4v) is 1.35. The summed E-state index contributed by atoms with van der Waals surface area (Å²) < 4.78 is 0. The molecule has 0 aliphatic carbocycles. The molecule has 0 spiro atoms. The van der Waals surface area contributed by atoms with Gasteiger partial charge in [-0.1, -0.05) is 33.8 Å². The van der Waals surface area contributed by atoms with E-state index < -0.39 is 0 Å². The molecule has 2 heteroatoms. The van der Waals surface area contributed by atoms with Crippen LogP contribution in [-0.2, 0) is 4.79 Å². The standard InChI is InChI=1S/C13H25NO/c1-6-7-9-14(10-8-11(2)3)13(15)12(4)5/h11H,4,6-10H2,1-3,5H3. The number of nitrogens with zero attached hydrogens (tertiary/aromatic N) is 1. The molecule has 0 unspecified atom stereocenters. The molecule has 0 rings (SSSR count). The Labute approximate surface area is 94.4 Å². The van der Waals surface area contributed by atoms with E-state index in [9.17, 15) is 4.79 Å². The van der Waals surface area contributed by atoms with Gasteiger partial charge in [0.15, 0.2) is 0 Å². The third-order valence-corrected chi connectivity index (χ3v) is 2.41. The van der Waals surface area contributed by atoms with Crippen LogP contribution in [0.3, 0.4) is 0 Å². The van der Waals surface area contributed by atoms with Crippen LogP contribution in [0.4, 0.5) is 0 Å². The average Bonchev–Trinajstić information content (AvgIpc) is 2.16. The van der Waals surface area contributed by atoms with Gasteiger partial charge in [-0.25, -0.2) is 0 Å². The number of carbonyl (C=O) groups is 1. The van der Waals surface area contributed by atoms with E-state index in [0.29, 0.717) is 11.5 Å². The monoisotopic (exact) mass is 211 g/mol. The van der Waals surface area contributed by atoms with Crippen LogP contribution in [-0.4, -0.2) is 23.9 Å². The summed E-state index contributed by atoms with van der Waals surface area (Å²) in [5.41, 5.74) is 0.648. The van der Waals surface area contributed by atoms with Crippen molar-refractivity contribution in [2.24, 2.45) is 5.92 Å². The first-order valence-corrected chi connectivity index (χ1v) is 5.93. The van der Waals surface area contributed by atoms with Gasteiger partial charge in [-0.2, -0.15) is 0 Å². The van der Waals surface area contributed by atoms with Crippen molar-refractivity contribution in [2.75, 3.05) is 13.1 Å². The lowest BCUT2D eigenvalue weighted by Gasteiger charge is -2.23. The van der Waals surface area contributed by atoms with Crippen molar-refractivity contribution >= 4 is 5.91 Å². The predicted molar refractivity (Wildman–Crippen MR) is 65.8 cm³/mol. The van der Waals surface area contributed by atoms with Crippen molar-refractivity contribution in [1.29, 1.82) is 0 Å². The van der Waals surface area contributed by atoms with Gasteiger partial charge in [0.2, 0.25) is 5.91 Å². The average molecular weight is 211 g/mol. The quantitative estimate of drug-likeness (QED) is 0.592. The molecule has 0 aliphatic heterocycles. The molecule has 0 fully saturated rings. The highest BCUT2D eigenvalue weighted by atomic mass is 16.2. The SMILES string of the molecule is C=C(C)C(=O)N(CCCC)CCC(C)C. The summed E-state index contributed by atoms with van der Waals surface area (Å²) in [6.07, 6.45) is 3.28. The van der Waals surface area contributed by atoms with E-state index in [-0.39, 0.29) is 5.91 Å². The molecule has 1 amide bonds. The normalized spacial score (nSPS) is 10.5. The molecule has 0 saturated heterocycles. The van der Waals surface area contributed by atoms with Gasteiger partial charge >= 0.3 is 0 Å². The van der Waals surface area contributed by atoms with E-state index in [1.807, 2.05) is 4.90 Å². The van der Waals surface area contributed by atoms with Crippen LogP contribution in [0.15, 0.2) is 12.2 Å². The highest BCUT2D eigenvalue weighted by molar-refractivity contribution is 5.92. The number of unbranched alkanes of at least 4 members (excludes halogenated alkanes) is 1. The number of hydrogen-bond acceptors (Lipinski definition) is 1. The van der Waals surface area contributed by atoms with Gasteiger partial charge in [0.05, 0.1) is 0 Å². The molecular formula is C13H25NO. The van der Waals surface area contributed by atoms with Gasteiger partial charge in [0.25, 0.3) is 0 Å². The third kappa shape index (κ3) is 6.32. The summed E-state index contributed by atoms with van der Waals surface area (Å²) in [6, 6.07) is 0. The van der Waals surface area contributed by atoms with Gasteiger partial charge < -0.3 is 4.90 Å². The van der Waals surface area contributed by atoms with Crippen molar-refractivity contribution < 1.29 is 4.79 Å².